The molecule has 9 rings (SSSR count). The van der Waals surface area contributed by atoms with Crippen LogP contribution in [0.1, 0.15) is 126 Å². The number of thiophene rings is 1. The van der Waals surface area contributed by atoms with Gasteiger partial charge in [0.05, 0.1) is 11.0 Å². The fourth-order valence-electron chi connectivity index (χ4n) is 11.7. The fraction of sp³-hybridized carbons (Fsp3) is 0.456. The molecule has 4 aromatic rings. The number of piperidine rings is 2. The Bertz CT molecular complexity index is 3250. The number of amides is 9. The van der Waals surface area contributed by atoms with Crippen molar-refractivity contribution in [1.29, 1.82) is 0 Å². The van der Waals surface area contributed by atoms with Crippen LogP contribution in [0.15, 0.2) is 72.8 Å². The molecular formula is C57H64F2N9O12PS. The van der Waals surface area contributed by atoms with E-state index in [9.17, 15) is 56.8 Å². The van der Waals surface area contributed by atoms with Crippen LogP contribution in [0.3, 0.4) is 0 Å². The number of nitrogens with zero attached hydrogens (tertiary/aromatic N) is 4. The van der Waals surface area contributed by atoms with Crippen molar-refractivity contribution in [3.63, 3.8) is 0 Å². The number of primary amides is 1. The number of benzene rings is 3. The molecule has 0 radical (unpaired) electrons. The number of fused-ring (bicyclic) bond motifs is 3. The maximum absolute atomic E-state index is 14.7. The summed E-state index contributed by atoms with van der Waals surface area (Å²) in [6.45, 7) is 4.20. The SMILES string of the molecule is CCN1CC[C@H]2CC[C@@H](C(=O)N[C@@H](CCC(N)=O)C(=O)N[C@H](C(=O)N3CCC(CCC#Cc4cccc5c4CN(C4CCC(=O)NC4=O)C5=O)CC3)c3ccccc3)N2C(=O)[C@@H](NC(=O)c2cc3cc(CP(=O)(OF)OF)ccc3s2)C1. The van der Waals surface area contributed by atoms with E-state index in [-0.39, 0.29) is 79.3 Å². The van der Waals surface area contributed by atoms with Crippen LogP contribution in [0.2, 0.25) is 0 Å². The molecule has 0 aliphatic carbocycles. The number of hydrogen-bond acceptors (Lipinski definition) is 14. The van der Waals surface area contributed by atoms with Gasteiger partial charge in [0.1, 0.15) is 30.2 Å². The molecule has 6 atom stereocenters. The Morgan fingerprint density at radius 3 is 2.39 bits per heavy atom. The molecule has 1 unspecified atom stereocenters. The summed E-state index contributed by atoms with van der Waals surface area (Å²) < 4.78 is 44.8. The molecule has 6 heterocycles. The van der Waals surface area contributed by atoms with Gasteiger partial charge in [0, 0.05) is 73.9 Å². The summed E-state index contributed by atoms with van der Waals surface area (Å²) in [6.07, 6.45) is 3.10. The number of nitrogens with two attached hydrogens (primary N) is 1. The second-order valence-electron chi connectivity index (χ2n) is 21.3. The average Bonchev–Trinajstić information content (AvgIpc) is 4.40. The van der Waals surface area contributed by atoms with E-state index in [2.05, 4.69) is 42.6 Å². The lowest BCUT2D eigenvalue weighted by atomic mass is 9.91. The highest BCUT2D eigenvalue weighted by atomic mass is 32.1. The first-order valence-corrected chi connectivity index (χ1v) is 30.1. The van der Waals surface area contributed by atoms with Gasteiger partial charge in [-0.2, -0.15) is 0 Å². The monoisotopic (exact) mass is 1170 g/mol. The Labute approximate surface area is 475 Å². The molecule has 0 saturated carbocycles. The summed E-state index contributed by atoms with van der Waals surface area (Å²) in [6, 6.07) is 14.3. The summed E-state index contributed by atoms with van der Waals surface area (Å²) in [5.74, 6) is 2.04. The molecule has 4 saturated heterocycles. The second kappa shape index (κ2) is 26.2. The molecule has 9 amide bonds. The minimum Gasteiger partial charge on any atom is -0.370 e. The topological polar surface area (TPSA) is 276 Å². The number of hydrogen-bond donors (Lipinski definition) is 5. The lowest BCUT2D eigenvalue weighted by molar-refractivity contribution is -0.144. The Morgan fingerprint density at radius 2 is 1.67 bits per heavy atom. The second-order valence-corrected chi connectivity index (χ2v) is 24.2. The van der Waals surface area contributed by atoms with E-state index in [4.69, 9.17) is 5.73 Å². The molecule has 0 bridgehead atoms. The molecule has 21 nitrogen and oxygen atoms in total. The van der Waals surface area contributed by atoms with Crippen molar-refractivity contribution in [3.8, 4) is 11.8 Å². The van der Waals surface area contributed by atoms with Gasteiger partial charge in [-0.05, 0) is 125 Å². The zero-order valence-corrected chi connectivity index (χ0v) is 46.8. The van der Waals surface area contributed by atoms with Crippen molar-refractivity contribution in [2.24, 2.45) is 11.7 Å². The molecule has 82 heavy (non-hydrogen) atoms. The first-order chi connectivity index (χ1) is 39.5. The molecule has 4 fully saturated rings. The van der Waals surface area contributed by atoms with Gasteiger partial charge in [-0.1, -0.05) is 61.2 Å². The Morgan fingerprint density at radius 1 is 0.902 bits per heavy atom. The zero-order valence-electron chi connectivity index (χ0n) is 45.1. The van der Waals surface area contributed by atoms with E-state index in [0.717, 1.165) is 23.3 Å². The summed E-state index contributed by atoms with van der Waals surface area (Å²) >= 11 is 1.10. The van der Waals surface area contributed by atoms with Gasteiger partial charge in [0.15, 0.2) is 0 Å². The van der Waals surface area contributed by atoms with E-state index in [1.807, 2.05) is 17.9 Å². The molecule has 1 aromatic heterocycles. The predicted molar refractivity (Wildman–Crippen MR) is 295 cm³/mol. The average molecular weight is 1170 g/mol. The van der Waals surface area contributed by atoms with E-state index >= 15 is 0 Å². The van der Waals surface area contributed by atoms with E-state index < -0.39 is 85.5 Å². The number of rotatable bonds is 19. The number of imide groups is 1. The van der Waals surface area contributed by atoms with Gasteiger partial charge in [-0.3, -0.25) is 53.0 Å². The zero-order chi connectivity index (χ0) is 58.2. The first kappa shape index (κ1) is 59.2. The van der Waals surface area contributed by atoms with Crippen molar-refractivity contribution in [2.45, 2.75) is 127 Å². The third kappa shape index (κ3) is 13.6. The molecule has 3 aromatic carbocycles. The normalized spacial score (nSPS) is 21.3. The van der Waals surface area contributed by atoms with Crippen LogP contribution in [-0.4, -0.2) is 136 Å². The quantitative estimate of drug-likeness (QED) is 0.0469. The smallest absolute Gasteiger partial charge is 0.370 e. The summed E-state index contributed by atoms with van der Waals surface area (Å²) in [5.41, 5.74) is 8.22. The minimum absolute atomic E-state index is 0.124. The number of carbonyl (C=O) groups excluding carboxylic acids is 9. The number of likely N-dealkylation sites (N-methyl/N-ethyl adjacent to an activating group) is 1. The Kier molecular flexibility index (Phi) is 18.9. The number of halogens is 2. The van der Waals surface area contributed by atoms with Crippen molar-refractivity contribution in [3.05, 3.63) is 105 Å². The van der Waals surface area contributed by atoms with Gasteiger partial charge in [0.25, 0.3) is 11.8 Å². The summed E-state index contributed by atoms with van der Waals surface area (Å²) in [5, 5.41) is 11.4. The lowest BCUT2D eigenvalue weighted by Crippen LogP contribution is -2.61. The van der Waals surface area contributed by atoms with Crippen LogP contribution < -0.4 is 27.0 Å². The third-order valence-corrected chi connectivity index (χ3v) is 18.4. The van der Waals surface area contributed by atoms with Crippen LogP contribution in [0.5, 0.6) is 0 Å². The maximum Gasteiger partial charge on any atom is 0.399 e. The van der Waals surface area contributed by atoms with Crippen LogP contribution in [0.25, 0.3) is 10.1 Å². The summed E-state index contributed by atoms with van der Waals surface area (Å²) in [4.78, 5) is 129. The number of nitrogens with one attached hydrogen (secondary N) is 4. The van der Waals surface area contributed by atoms with Gasteiger partial charge in [-0.15, -0.1) is 20.8 Å². The molecule has 5 aliphatic rings. The molecule has 434 valence electrons. The number of carbonyl (C=O) groups is 9. The van der Waals surface area contributed by atoms with Gasteiger partial charge >= 0.3 is 7.60 Å². The standard InChI is InChI=1S/C57H64F2N9O12PS/c1-2-65-26-25-39-16-18-45(68(39)56(76)43(32-65)62-54(74)47-30-38-29-35(15-20-46(38)82-47)33-81(78,79-58)80-59)53(73)61-42(17-21-48(60)69)51(71)64-50(37-11-4-3-5-12-37)57(77)66-27-23-34(24-28-66)9-6-7-10-36-13-8-14-40-41(36)31-67(55(40)75)44-19-22-49(70)63-52(44)72/h3-5,8,11-15,20,29-30,34,39,42-45,50H,2,6,9,16-19,21-28,31-33H2,1H3,(H2,60,69)(H,61,73)(H,62,74)(H,64,71)(H,63,70,72)/t39-,42+,43+,44?,45+,50+/m1/s1. The predicted octanol–water partition coefficient (Wildman–Crippen LogP) is 5.02. The third-order valence-electron chi connectivity index (χ3n) is 16.1. The molecule has 6 N–H and O–H groups in total. The highest BCUT2D eigenvalue weighted by Gasteiger charge is 2.46. The van der Waals surface area contributed by atoms with Crippen LogP contribution in [-0.2, 0) is 60.3 Å². The first-order valence-electron chi connectivity index (χ1n) is 27.5. The molecule has 0 spiro atoms. The largest absolute Gasteiger partial charge is 0.399 e. The molecular weight excluding hydrogens is 1100 g/mol. The molecule has 25 heteroatoms. The number of likely N-dealkylation sites (tertiary alicyclic amines) is 1. The maximum atomic E-state index is 14.7. The van der Waals surface area contributed by atoms with E-state index in [1.54, 1.807) is 53.4 Å². The highest BCUT2D eigenvalue weighted by Crippen LogP contribution is 2.52. The van der Waals surface area contributed by atoms with Crippen molar-refractivity contribution in [1.82, 2.24) is 40.9 Å². The Balaban J connectivity index is 0.832. The highest BCUT2D eigenvalue weighted by molar-refractivity contribution is 7.52. The van der Waals surface area contributed by atoms with Crippen LogP contribution in [0.4, 0.5) is 9.05 Å². The van der Waals surface area contributed by atoms with E-state index in [1.165, 1.54) is 28.0 Å². The molecule has 5 aliphatic heterocycles. The minimum atomic E-state index is -4.68. The van der Waals surface area contributed by atoms with Gasteiger partial charge < -0.3 is 41.3 Å². The van der Waals surface area contributed by atoms with Crippen molar-refractivity contribution >= 4 is 82.2 Å². The van der Waals surface area contributed by atoms with Gasteiger partial charge in [-0.25, -0.2) is 0 Å². The summed E-state index contributed by atoms with van der Waals surface area (Å²) in [7, 11) is -4.68. The van der Waals surface area contributed by atoms with Crippen LogP contribution in [0, 0.1) is 17.8 Å². The Hall–Kier alpha value is -7.42. The van der Waals surface area contributed by atoms with Crippen LogP contribution >= 0.6 is 18.9 Å². The fourth-order valence-corrected chi connectivity index (χ4v) is 13.4. The van der Waals surface area contributed by atoms with Crippen molar-refractivity contribution in [2.75, 3.05) is 32.7 Å². The van der Waals surface area contributed by atoms with E-state index in [0.29, 0.717) is 85.1 Å². The van der Waals surface area contributed by atoms with Gasteiger partial charge in [0.2, 0.25) is 41.4 Å². The van der Waals surface area contributed by atoms with Crippen molar-refractivity contribution < 1.29 is 66.2 Å². The lowest BCUT2D eigenvalue weighted by Gasteiger charge is -2.38.